The number of phenols is 1. The molecule has 0 fully saturated rings. The fourth-order valence-electron chi connectivity index (χ4n) is 3.17. The van der Waals surface area contributed by atoms with Crippen LogP contribution in [0.4, 0.5) is 10.1 Å². The maximum atomic E-state index is 13.3. The van der Waals surface area contributed by atoms with Crippen molar-refractivity contribution in [2.45, 2.75) is 19.3 Å². The highest BCUT2D eigenvalue weighted by molar-refractivity contribution is 5.92. The van der Waals surface area contributed by atoms with E-state index in [4.69, 9.17) is 4.74 Å². The molecule has 198 valence electrons. The number of methoxy groups -OCH3 is 1. The van der Waals surface area contributed by atoms with Gasteiger partial charge in [0.25, 0.3) is 0 Å². The van der Waals surface area contributed by atoms with E-state index in [-0.39, 0.29) is 17.6 Å². The van der Waals surface area contributed by atoms with E-state index in [2.05, 4.69) is 16.0 Å². The van der Waals surface area contributed by atoms with E-state index in [1.807, 2.05) is 0 Å². The van der Waals surface area contributed by atoms with Crippen molar-refractivity contribution in [2.75, 3.05) is 33.3 Å². The largest absolute Gasteiger partial charge is 0.504 e. The Morgan fingerprint density at radius 2 is 1.51 bits per heavy atom. The number of hydrogen-bond acceptors (Lipinski definition) is 7. The lowest BCUT2D eigenvalue weighted by Gasteiger charge is -2.06. The summed E-state index contributed by atoms with van der Waals surface area (Å²) < 4.78 is 18.4. The SMILES string of the molecule is COc1cc(/C=C/C(=O)NCCCCNCCCNC(=O)/C=C/c2ccc(F)c([N+](=O)[O-])c2)ccc1O. The maximum Gasteiger partial charge on any atom is 0.305 e. The van der Waals surface area contributed by atoms with Crippen LogP contribution in [0.3, 0.4) is 0 Å². The first-order valence-corrected chi connectivity index (χ1v) is 11.7. The van der Waals surface area contributed by atoms with E-state index in [1.165, 1.54) is 37.5 Å². The van der Waals surface area contributed by atoms with Crippen LogP contribution in [0, 0.1) is 15.9 Å². The number of benzene rings is 2. The molecule has 0 unspecified atom stereocenters. The number of nitrogens with one attached hydrogen (secondary N) is 3. The van der Waals surface area contributed by atoms with Crippen molar-refractivity contribution in [3.63, 3.8) is 0 Å². The monoisotopic (exact) mass is 514 g/mol. The van der Waals surface area contributed by atoms with Gasteiger partial charge in [0, 0.05) is 31.3 Å². The molecule has 0 aliphatic rings. The van der Waals surface area contributed by atoms with E-state index >= 15 is 0 Å². The Hall–Kier alpha value is -4.25. The molecule has 0 aliphatic carbocycles. The molecule has 0 radical (unpaired) electrons. The molecule has 0 spiro atoms. The number of unbranched alkanes of at least 4 members (excludes halogenated alkanes) is 1. The van der Waals surface area contributed by atoms with E-state index in [0.717, 1.165) is 37.1 Å². The van der Waals surface area contributed by atoms with Gasteiger partial charge in [-0.3, -0.25) is 19.7 Å². The molecule has 0 atom stereocenters. The number of amides is 2. The van der Waals surface area contributed by atoms with Crippen LogP contribution in [-0.2, 0) is 9.59 Å². The molecule has 0 aliphatic heterocycles. The Morgan fingerprint density at radius 3 is 2.16 bits per heavy atom. The third-order valence-electron chi connectivity index (χ3n) is 5.13. The van der Waals surface area contributed by atoms with Gasteiger partial charge in [0.15, 0.2) is 11.5 Å². The van der Waals surface area contributed by atoms with Crippen LogP contribution < -0.4 is 20.7 Å². The smallest absolute Gasteiger partial charge is 0.305 e. The lowest BCUT2D eigenvalue weighted by molar-refractivity contribution is -0.387. The van der Waals surface area contributed by atoms with Crippen molar-refractivity contribution in [1.82, 2.24) is 16.0 Å². The van der Waals surface area contributed by atoms with Gasteiger partial charge in [-0.05, 0) is 73.8 Å². The van der Waals surface area contributed by atoms with E-state index in [0.29, 0.717) is 37.4 Å². The minimum Gasteiger partial charge on any atom is -0.504 e. The second-order valence-electron chi connectivity index (χ2n) is 7.96. The Bertz CT molecular complexity index is 1140. The minimum absolute atomic E-state index is 0.0368. The summed E-state index contributed by atoms with van der Waals surface area (Å²) in [6, 6.07) is 8.23. The zero-order valence-electron chi connectivity index (χ0n) is 20.5. The zero-order chi connectivity index (χ0) is 27.0. The highest BCUT2D eigenvalue weighted by atomic mass is 19.1. The first-order chi connectivity index (χ1) is 17.8. The van der Waals surface area contributed by atoms with Gasteiger partial charge >= 0.3 is 5.69 Å². The maximum absolute atomic E-state index is 13.3. The Kier molecular flexibility index (Phi) is 12.3. The number of hydrogen-bond donors (Lipinski definition) is 4. The number of nitro benzene ring substituents is 1. The predicted molar refractivity (Wildman–Crippen MR) is 139 cm³/mol. The standard InChI is InChI=1S/C26H31FN4O6/c1-37-24-18-20(6-10-23(24)32)8-12-25(33)29-15-3-2-13-28-14-4-16-30-26(34)11-7-19-5-9-21(27)22(17-19)31(35)36/h5-12,17-18,28,32H,2-4,13-16H2,1H3,(H,29,33)(H,30,34)/b11-7+,12-8+. The van der Waals surface area contributed by atoms with Crippen molar-refractivity contribution < 1.29 is 28.7 Å². The van der Waals surface area contributed by atoms with Crippen molar-refractivity contribution in [3.05, 3.63) is 75.6 Å². The average molecular weight is 515 g/mol. The minimum atomic E-state index is -0.926. The third kappa shape index (κ3) is 10.9. The molecule has 2 aromatic carbocycles. The topological polar surface area (TPSA) is 143 Å². The van der Waals surface area contributed by atoms with Gasteiger partial charge in [-0.25, -0.2) is 0 Å². The van der Waals surface area contributed by atoms with Crippen molar-refractivity contribution in [1.29, 1.82) is 0 Å². The summed E-state index contributed by atoms with van der Waals surface area (Å²) in [7, 11) is 1.46. The number of halogens is 1. The van der Waals surface area contributed by atoms with Crippen LogP contribution in [0.2, 0.25) is 0 Å². The predicted octanol–water partition coefficient (Wildman–Crippen LogP) is 3.17. The number of nitro groups is 1. The molecule has 10 nitrogen and oxygen atoms in total. The highest BCUT2D eigenvalue weighted by Gasteiger charge is 2.13. The summed E-state index contributed by atoms with van der Waals surface area (Å²) in [4.78, 5) is 33.7. The van der Waals surface area contributed by atoms with Gasteiger partial charge in [-0.2, -0.15) is 4.39 Å². The van der Waals surface area contributed by atoms with Crippen LogP contribution in [-0.4, -0.2) is 55.1 Å². The lowest BCUT2D eigenvalue weighted by atomic mass is 10.2. The molecule has 2 amide bonds. The van der Waals surface area contributed by atoms with Crippen LogP contribution >= 0.6 is 0 Å². The van der Waals surface area contributed by atoms with E-state index < -0.39 is 16.4 Å². The molecular weight excluding hydrogens is 483 g/mol. The molecular formula is C26H31FN4O6. The summed E-state index contributed by atoms with van der Waals surface area (Å²) in [6.45, 7) is 2.48. The van der Waals surface area contributed by atoms with Crippen LogP contribution in [0.5, 0.6) is 11.5 Å². The van der Waals surface area contributed by atoms with Gasteiger partial charge in [0.05, 0.1) is 12.0 Å². The Balaban J connectivity index is 1.51. The fourth-order valence-corrected chi connectivity index (χ4v) is 3.17. The second kappa shape index (κ2) is 15.7. The molecule has 0 heterocycles. The molecule has 0 bridgehead atoms. The molecule has 0 saturated carbocycles. The average Bonchev–Trinajstić information content (AvgIpc) is 2.88. The quantitative estimate of drug-likeness (QED) is 0.124. The summed E-state index contributed by atoms with van der Waals surface area (Å²) in [5, 5.41) is 29.1. The number of carbonyl (C=O) groups is 2. The molecule has 37 heavy (non-hydrogen) atoms. The van der Waals surface area contributed by atoms with Gasteiger partial charge in [-0.15, -0.1) is 0 Å². The zero-order valence-corrected chi connectivity index (χ0v) is 20.5. The fraction of sp³-hybridized carbons (Fsp3) is 0.308. The van der Waals surface area contributed by atoms with Crippen LogP contribution in [0.15, 0.2) is 48.6 Å². The van der Waals surface area contributed by atoms with Gasteiger partial charge in [0.1, 0.15) is 0 Å². The summed E-state index contributed by atoms with van der Waals surface area (Å²) >= 11 is 0. The van der Waals surface area contributed by atoms with Gasteiger partial charge in [0.2, 0.25) is 17.6 Å². The third-order valence-corrected chi connectivity index (χ3v) is 5.13. The van der Waals surface area contributed by atoms with Crippen LogP contribution in [0.25, 0.3) is 12.2 Å². The number of nitrogens with zero attached hydrogens (tertiary/aromatic N) is 1. The summed E-state index contributed by atoms with van der Waals surface area (Å²) in [6.07, 6.45) is 8.10. The molecule has 2 aromatic rings. The van der Waals surface area contributed by atoms with Gasteiger partial charge in [-0.1, -0.05) is 12.1 Å². The summed E-state index contributed by atoms with van der Waals surface area (Å²) in [5.74, 6) is -1.10. The molecule has 0 saturated heterocycles. The Labute approximate surface area is 214 Å². The second-order valence-corrected chi connectivity index (χ2v) is 7.96. The highest BCUT2D eigenvalue weighted by Crippen LogP contribution is 2.26. The van der Waals surface area contributed by atoms with E-state index in [1.54, 1.807) is 18.2 Å². The van der Waals surface area contributed by atoms with Crippen molar-refractivity contribution in [3.8, 4) is 11.5 Å². The number of carbonyl (C=O) groups excluding carboxylic acids is 2. The Morgan fingerprint density at radius 1 is 0.946 bits per heavy atom. The van der Waals surface area contributed by atoms with E-state index in [9.17, 15) is 29.2 Å². The van der Waals surface area contributed by atoms with Gasteiger partial charge < -0.3 is 25.8 Å². The van der Waals surface area contributed by atoms with Crippen molar-refractivity contribution >= 4 is 29.7 Å². The lowest BCUT2D eigenvalue weighted by Crippen LogP contribution is -2.27. The molecule has 4 N–H and O–H groups in total. The first kappa shape index (κ1) is 29.0. The van der Waals surface area contributed by atoms with Crippen LogP contribution in [0.1, 0.15) is 30.4 Å². The number of aromatic hydroxyl groups is 1. The number of rotatable bonds is 15. The number of ether oxygens (including phenoxy) is 1. The number of phenolic OH excluding ortho intramolecular Hbond substituents is 1. The van der Waals surface area contributed by atoms with Crippen molar-refractivity contribution in [2.24, 2.45) is 0 Å². The molecule has 2 rings (SSSR count). The molecule has 0 aromatic heterocycles. The first-order valence-electron chi connectivity index (χ1n) is 11.7. The summed E-state index contributed by atoms with van der Waals surface area (Å²) in [5.41, 5.74) is 0.454. The normalized spacial score (nSPS) is 11.1. The molecule has 11 heteroatoms.